The molecular weight excluding hydrogens is 232 g/mol. The predicted octanol–water partition coefficient (Wildman–Crippen LogP) is 1.86. The largest absolute Gasteiger partial charge is 0.352 e. The summed E-state index contributed by atoms with van der Waals surface area (Å²) in [6.45, 7) is 5.15. The molecule has 2 N–H and O–H groups in total. The normalized spacial score (nSPS) is 21.4. The average molecular weight is 252 g/mol. The van der Waals surface area contributed by atoms with Crippen LogP contribution in [-0.4, -0.2) is 24.5 Å². The molecule has 2 atom stereocenters. The van der Waals surface area contributed by atoms with E-state index >= 15 is 0 Å². The van der Waals surface area contributed by atoms with Gasteiger partial charge >= 0.3 is 0 Å². The third kappa shape index (κ3) is 3.54. The lowest BCUT2D eigenvalue weighted by molar-refractivity contribution is -0.123. The number of carbonyl (C=O) groups is 1. The van der Waals surface area contributed by atoms with Crippen molar-refractivity contribution in [3.8, 4) is 0 Å². The summed E-state index contributed by atoms with van der Waals surface area (Å²) in [7, 11) is 0. The molecule has 1 amide bonds. The van der Waals surface area contributed by atoms with Crippen LogP contribution in [0.25, 0.3) is 0 Å². The fraction of sp³-hybridized carbons (Fsp3) is 0.615. The Morgan fingerprint density at radius 3 is 3.06 bits per heavy atom. The van der Waals surface area contributed by atoms with Crippen LogP contribution >= 0.6 is 11.3 Å². The molecule has 1 aliphatic heterocycles. The summed E-state index contributed by atoms with van der Waals surface area (Å²) in [4.78, 5) is 14.6. The fourth-order valence-electron chi connectivity index (χ4n) is 2.20. The summed E-state index contributed by atoms with van der Waals surface area (Å²) in [5.41, 5.74) is 0. The summed E-state index contributed by atoms with van der Waals surface area (Å²) in [5, 5.41) is 6.31. The molecule has 1 aromatic heterocycles. The van der Waals surface area contributed by atoms with Crippen molar-refractivity contribution in [2.24, 2.45) is 0 Å². The molecule has 1 fully saturated rings. The Balaban J connectivity index is 1.80. The number of thiophene rings is 1. The molecule has 0 aromatic carbocycles. The minimum Gasteiger partial charge on any atom is -0.352 e. The lowest BCUT2D eigenvalue weighted by Crippen LogP contribution is -2.44. The van der Waals surface area contributed by atoms with Crippen LogP contribution in [0.3, 0.4) is 0 Å². The van der Waals surface area contributed by atoms with Crippen molar-refractivity contribution in [1.29, 1.82) is 0 Å². The van der Waals surface area contributed by atoms with Crippen molar-refractivity contribution in [3.05, 3.63) is 21.9 Å². The summed E-state index contributed by atoms with van der Waals surface area (Å²) >= 11 is 1.81. The molecule has 4 heteroatoms. The number of nitrogens with one attached hydrogen (secondary N) is 2. The first-order valence-electron chi connectivity index (χ1n) is 6.24. The number of hydrogen-bond donors (Lipinski definition) is 2. The Bertz CT molecular complexity index is 383. The van der Waals surface area contributed by atoms with Crippen molar-refractivity contribution < 1.29 is 4.79 Å². The van der Waals surface area contributed by atoms with Gasteiger partial charge in [-0.15, -0.1) is 11.3 Å². The summed E-state index contributed by atoms with van der Waals surface area (Å²) in [6, 6.07) is 4.52. The molecule has 2 heterocycles. The van der Waals surface area contributed by atoms with Gasteiger partial charge in [0, 0.05) is 22.2 Å². The van der Waals surface area contributed by atoms with Gasteiger partial charge in [0.1, 0.15) is 0 Å². The second-order valence-corrected chi connectivity index (χ2v) is 6.15. The Kier molecular flexibility index (Phi) is 4.18. The van der Waals surface area contributed by atoms with E-state index < -0.39 is 0 Å². The topological polar surface area (TPSA) is 41.1 Å². The average Bonchev–Trinajstić information content (AvgIpc) is 2.89. The van der Waals surface area contributed by atoms with E-state index in [1.165, 1.54) is 9.75 Å². The lowest BCUT2D eigenvalue weighted by Gasteiger charge is -2.16. The maximum atomic E-state index is 11.9. The van der Waals surface area contributed by atoms with Crippen molar-refractivity contribution in [2.45, 2.75) is 45.2 Å². The second kappa shape index (κ2) is 5.65. The molecule has 0 saturated carbocycles. The Morgan fingerprint density at radius 1 is 1.65 bits per heavy atom. The minimum atomic E-state index is 0.0301. The van der Waals surface area contributed by atoms with Gasteiger partial charge in [0.05, 0.1) is 6.04 Å². The highest BCUT2D eigenvalue weighted by Gasteiger charge is 2.22. The zero-order valence-corrected chi connectivity index (χ0v) is 11.3. The molecule has 3 nitrogen and oxygen atoms in total. The lowest BCUT2D eigenvalue weighted by atomic mass is 10.1. The van der Waals surface area contributed by atoms with E-state index in [2.05, 4.69) is 36.6 Å². The molecule has 1 saturated heterocycles. The van der Waals surface area contributed by atoms with Gasteiger partial charge in [0.15, 0.2) is 0 Å². The molecule has 1 aromatic rings. The summed E-state index contributed by atoms with van der Waals surface area (Å²) < 4.78 is 0. The number of carbonyl (C=O) groups excluding carboxylic acids is 1. The number of aryl methyl sites for hydroxylation is 1. The molecule has 1 aliphatic rings. The Morgan fingerprint density at radius 2 is 2.47 bits per heavy atom. The van der Waals surface area contributed by atoms with Gasteiger partial charge in [-0.25, -0.2) is 0 Å². The van der Waals surface area contributed by atoms with Crippen LogP contribution in [-0.2, 0) is 11.2 Å². The third-order valence-electron chi connectivity index (χ3n) is 3.07. The molecule has 0 aliphatic carbocycles. The summed E-state index contributed by atoms with van der Waals surface area (Å²) in [6.07, 6.45) is 3.00. The van der Waals surface area contributed by atoms with E-state index in [9.17, 15) is 4.79 Å². The molecule has 2 rings (SSSR count). The van der Waals surface area contributed by atoms with Crippen LogP contribution in [0, 0.1) is 6.92 Å². The highest BCUT2D eigenvalue weighted by molar-refractivity contribution is 7.11. The zero-order valence-electron chi connectivity index (χ0n) is 10.5. The Hall–Kier alpha value is -0.870. The van der Waals surface area contributed by atoms with Gasteiger partial charge < -0.3 is 10.6 Å². The molecule has 2 unspecified atom stereocenters. The van der Waals surface area contributed by atoms with E-state index in [1.54, 1.807) is 0 Å². The smallest absolute Gasteiger partial charge is 0.237 e. The van der Waals surface area contributed by atoms with Crippen LogP contribution in [0.4, 0.5) is 0 Å². The van der Waals surface area contributed by atoms with Gasteiger partial charge in [0.2, 0.25) is 5.91 Å². The predicted molar refractivity (Wildman–Crippen MR) is 71.4 cm³/mol. The van der Waals surface area contributed by atoms with Crippen LogP contribution in [0.5, 0.6) is 0 Å². The van der Waals surface area contributed by atoms with Crippen molar-refractivity contribution in [2.75, 3.05) is 6.54 Å². The maximum absolute atomic E-state index is 11.9. The number of rotatable bonds is 4. The van der Waals surface area contributed by atoms with Gasteiger partial charge in [-0.2, -0.15) is 0 Å². The molecule has 17 heavy (non-hydrogen) atoms. The van der Waals surface area contributed by atoms with Crippen LogP contribution in [0.1, 0.15) is 29.5 Å². The molecule has 0 radical (unpaired) electrons. The molecule has 0 spiro atoms. The van der Waals surface area contributed by atoms with Crippen LogP contribution < -0.4 is 10.6 Å². The molecule has 0 bridgehead atoms. The van der Waals surface area contributed by atoms with Gasteiger partial charge in [-0.05, 0) is 45.4 Å². The number of amides is 1. The molecule has 94 valence electrons. The van der Waals surface area contributed by atoms with Crippen LogP contribution in [0.2, 0.25) is 0 Å². The third-order valence-corrected chi connectivity index (χ3v) is 4.09. The zero-order chi connectivity index (χ0) is 12.3. The molecular formula is C13H20N2OS. The fourth-order valence-corrected chi connectivity index (χ4v) is 3.22. The Labute approximate surface area is 107 Å². The van der Waals surface area contributed by atoms with Crippen molar-refractivity contribution in [3.63, 3.8) is 0 Å². The first kappa shape index (κ1) is 12.6. The van der Waals surface area contributed by atoms with Gasteiger partial charge in [-0.1, -0.05) is 0 Å². The minimum absolute atomic E-state index is 0.0301. The van der Waals surface area contributed by atoms with E-state index in [4.69, 9.17) is 0 Å². The summed E-state index contributed by atoms with van der Waals surface area (Å²) in [5.74, 6) is 0.156. The standard InChI is InChI=1S/C13H20N2OS/c1-9(8-11-6-5-10(2)17-11)15-13(16)12-4-3-7-14-12/h5-6,9,12,14H,3-4,7-8H2,1-2H3,(H,15,16). The van der Waals surface area contributed by atoms with Gasteiger partial charge in [0.25, 0.3) is 0 Å². The second-order valence-electron chi connectivity index (χ2n) is 4.78. The van der Waals surface area contributed by atoms with Crippen molar-refractivity contribution >= 4 is 17.2 Å². The first-order valence-corrected chi connectivity index (χ1v) is 7.06. The van der Waals surface area contributed by atoms with Gasteiger partial charge in [-0.3, -0.25) is 4.79 Å². The van der Waals surface area contributed by atoms with E-state index in [1.807, 2.05) is 11.3 Å². The van der Waals surface area contributed by atoms with E-state index in [0.717, 1.165) is 25.8 Å². The number of hydrogen-bond acceptors (Lipinski definition) is 3. The van der Waals surface area contributed by atoms with E-state index in [-0.39, 0.29) is 18.0 Å². The van der Waals surface area contributed by atoms with E-state index in [0.29, 0.717) is 0 Å². The highest BCUT2D eigenvalue weighted by atomic mass is 32.1. The quantitative estimate of drug-likeness (QED) is 0.859. The monoisotopic (exact) mass is 252 g/mol. The first-order chi connectivity index (χ1) is 8.15. The SMILES string of the molecule is Cc1ccc(CC(C)NC(=O)C2CCCN2)s1. The maximum Gasteiger partial charge on any atom is 0.237 e. The highest BCUT2D eigenvalue weighted by Crippen LogP contribution is 2.16. The van der Waals surface area contributed by atoms with Crippen molar-refractivity contribution in [1.82, 2.24) is 10.6 Å². The van der Waals surface area contributed by atoms with Crippen LogP contribution in [0.15, 0.2) is 12.1 Å².